The molecule has 2 aromatic heterocycles. The Kier molecular flexibility index (Phi) is 1.53. The minimum Gasteiger partial charge on any atom is -0.240 e. The van der Waals surface area contributed by atoms with E-state index in [2.05, 4.69) is 34.2 Å². The zero-order valence-corrected chi connectivity index (χ0v) is 7.07. The molecule has 0 aliphatic heterocycles. The van der Waals surface area contributed by atoms with Crippen LogP contribution >= 0.6 is 0 Å². The van der Waals surface area contributed by atoms with Crippen molar-refractivity contribution in [3.63, 3.8) is 0 Å². The van der Waals surface area contributed by atoms with Gasteiger partial charge in [0.1, 0.15) is 5.52 Å². The van der Waals surface area contributed by atoms with E-state index >= 15 is 0 Å². The molecule has 1 N–H and O–H groups in total. The third-order valence-electron chi connectivity index (χ3n) is 1.80. The monoisotopic (exact) mass is 162 g/mol. The number of nitrogens with one attached hydrogen (secondary N) is 1. The van der Waals surface area contributed by atoms with Crippen LogP contribution in [-0.4, -0.2) is 20.4 Å². The molecule has 4 nitrogen and oxygen atoms in total. The first-order chi connectivity index (χ1) is 5.77. The van der Waals surface area contributed by atoms with Crippen molar-refractivity contribution in [2.75, 3.05) is 0 Å². The molecule has 0 spiro atoms. The van der Waals surface area contributed by atoms with Crippen molar-refractivity contribution in [1.82, 2.24) is 20.4 Å². The quantitative estimate of drug-likeness (QED) is 0.690. The molecule has 0 amide bonds. The fourth-order valence-corrected chi connectivity index (χ4v) is 1.08. The lowest BCUT2D eigenvalue weighted by molar-refractivity contribution is 0.827. The highest BCUT2D eigenvalue weighted by atomic mass is 15.3. The minimum atomic E-state index is 0.442. The second-order valence-corrected chi connectivity index (χ2v) is 3.07. The van der Waals surface area contributed by atoms with E-state index in [1.807, 2.05) is 12.1 Å². The van der Waals surface area contributed by atoms with Crippen molar-refractivity contribution < 1.29 is 0 Å². The Balaban J connectivity index is 2.60. The van der Waals surface area contributed by atoms with Gasteiger partial charge in [-0.05, 0) is 18.1 Å². The van der Waals surface area contributed by atoms with E-state index in [0.717, 1.165) is 16.9 Å². The number of pyridine rings is 1. The van der Waals surface area contributed by atoms with Gasteiger partial charge in [-0.3, -0.25) is 0 Å². The molecule has 12 heavy (non-hydrogen) atoms. The van der Waals surface area contributed by atoms with Crippen LogP contribution in [0, 0.1) is 0 Å². The third kappa shape index (κ3) is 1.05. The molecular formula is C8H10N4. The Morgan fingerprint density at radius 3 is 2.92 bits per heavy atom. The molecular weight excluding hydrogens is 152 g/mol. The first-order valence-electron chi connectivity index (χ1n) is 3.95. The summed E-state index contributed by atoms with van der Waals surface area (Å²) in [6.07, 6.45) is 0. The fourth-order valence-electron chi connectivity index (χ4n) is 1.08. The molecule has 4 heteroatoms. The third-order valence-corrected chi connectivity index (χ3v) is 1.80. The van der Waals surface area contributed by atoms with Crippen LogP contribution in [0.5, 0.6) is 0 Å². The zero-order valence-electron chi connectivity index (χ0n) is 7.07. The molecule has 0 unspecified atom stereocenters. The van der Waals surface area contributed by atoms with Crippen LogP contribution < -0.4 is 0 Å². The van der Waals surface area contributed by atoms with Crippen molar-refractivity contribution in [3.05, 3.63) is 17.8 Å². The summed E-state index contributed by atoms with van der Waals surface area (Å²) in [7, 11) is 0. The second kappa shape index (κ2) is 2.55. The van der Waals surface area contributed by atoms with Crippen molar-refractivity contribution >= 4 is 11.2 Å². The molecule has 0 bridgehead atoms. The van der Waals surface area contributed by atoms with Crippen molar-refractivity contribution in [3.8, 4) is 0 Å². The van der Waals surface area contributed by atoms with Gasteiger partial charge < -0.3 is 0 Å². The highest BCUT2D eigenvalue weighted by Crippen LogP contribution is 2.13. The Morgan fingerprint density at radius 1 is 1.33 bits per heavy atom. The van der Waals surface area contributed by atoms with Gasteiger partial charge in [-0.2, -0.15) is 0 Å². The van der Waals surface area contributed by atoms with Gasteiger partial charge in [0.05, 0.1) is 0 Å². The topological polar surface area (TPSA) is 54.5 Å². The van der Waals surface area contributed by atoms with Gasteiger partial charge in [-0.25, -0.2) is 10.1 Å². The predicted octanol–water partition coefficient (Wildman–Crippen LogP) is 1.48. The summed E-state index contributed by atoms with van der Waals surface area (Å²) < 4.78 is 0. The van der Waals surface area contributed by atoms with Gasteiger partial charge in [-0.1, -0.05) is 19.1 Å². The molecule has 2 rings (SSSR count). The molecule has 2 aromatic rings. The molecule has 0 aromatic carbocycles. The van der Waals surface area contributed by atoms with Crippen LogP contribution in [0.25, 0.3) is 11.2 Å². The van der Waals surface area contributed by atoms with E-state index in [-0.39, 0.29) is 0 Å². The summed E-state index contributed by atoms with van der Waals surface area (Å²) in [5.41, 5.74) is 2.65. The van der Waals surface area contributed by atoms with Crippen molar-refractivity contribution in [2.24, 2.45) is 0 Å². The number of hydrogen-bond acceptors (Lipinski definition) is 3. The molecule has 0 radical (unpaired) electrons. The average Bonchev–Trinajstić information content (AvgIpc) is 2.49. The minimum absolute atomic E-state index is 0.442. The number of H-pyrrole nitrogens is 1. The van der Waals surface area contributed by atoms with Crippen LogP contribution in [-0.2, 0) is 0 Å². The van der Waals surface area contributed by atoms with Crippen LogP contribution in [0.1, 0.15) is 25.5 Å². The second-order valence-electron chi connectivity index (χ2n) is 3.07. The van der Waals surface area contributed by atoms with Gasteiger partial charge in [0, 0.05) is 5.69 Å². The van der Waals surface area contributed by atoms with Gasteiger partial charge in [0.25, 0.3) is 0 Å². The smallest absolute Gasteiger partial charge is 0.176 e. The lowest BCUT2D eigenvalue weighted by Gasteiger charge is -2.01. The molecule has 2 heterocycles. The summed E-state index contributed by atoms with van der Waals surface area (Å²) in [6, 6.07) is 3.91. The first kappa shape index (κ1) is 7.21. The highest BCUT2D eigenvalue weighted by molar-refractivity contribution is 5.68. The van der Waals surface area contributed by atoms with E-state index in [9.17, 15) is 0 Å². The summed E-state index contributed by atoms with van der Waals surface area (Å²) in [5, 5.41) is 10.3. The highest BCUT2D eigenvalue weighted by Gasteiger charge is 2.03. The predicted molar refractivity (Wildman–Crippen MR) is 45.8 cm³/mol. The fraction of sp³-hybridized carbons (Fsp3) is 0.375. The molecule has 0 saturated heterocycles. The van der Waals surface area contributed by atoms with Crippen molar-refractivity contribution in [1.29, 1.82) is 0 Å². The van der Waals surface area contributed by atoms with E-state index < -0.39 is 0 Å². The summed E-state index contributed by atoms with van der Waals surface area (Å²) in [6.45, 7) is 4.22. The van der Waals surface area contributed by atoms with Crippen molar-refractivity contribution in [2.45, 2.75) is 19.8 Å². The molecule has 0 aliphatic carbocycles. The van der Waals surface area contributed by atoms with Crippen LogP contribution in [0.4, 0.5) is 0 Å². The van der Waals surface area contributed by atoms with Gasteiger partial charge in [-0.15, -0.1) is 5.10 Å². The Labute approximate surface area is 70.0 Å². The number of aromatic amines is 1. The largest absolute Gasteiger partial charge is 0.240 e. The van der Waals surface area contributed by atoms with E-state index in [4.69, 9.17) is 0 Å². The average molecular weight is 162 g/mol. The van der Waals surface area contributed by atoms with E-state index in [0.29, 0.717) is 5.92 Å². The maximum atomic E-state index is 4.35. The lowest BCUT2D eigenvalue weighted by atomic mass is 10.1. The van der Waals surface area contributed by atoms with Gasteiger partial charge in [0.2, 0.25) is 0 Å². The Hall–Kier alpha value is -1.45. The van der Waals surface area contributed by atoms with E-state index in [1.165, 1.54) is 0 Å². The summed E-state index contributed by atoms with van der Waals surface area (Å²) in [5.74, 6) is 0.442. The first-order valence-corrected chi connectivity index (χ1v) is 3.95. The number of aromatic nitrogens is 4. The normalized spacial score (nSPS) is 11.2. The molecule has 0 fully saturated rings. The molecule has 62 valence electrons. The van der Waals surface area contributed by atoms with Crippen LogP contribution in [0.2, 0.25) is 0 Å². The number of nitrogens with zero attached hydrogens (tertiary/aromatic N) is 3. The maximum absolute atomic E-state index is 4.35. The lowest BCUT2D eigenvalue weighted by Crippen LogP contribution is -1.91. The molecule has 0 saturated carbocycles. The van der Waals surface area contributed by atoms with Gasteiger partial charge in [0.15, 0.2) is 5.65 Å². The zero-order chi connectivity index (χ0) is 8.55. The maximum Gasteiger partial charge on any atom is 0.176 e. The SMILES string of the molecule is CC(C)c1ccc2nn[nH]c2n1. The number of fused-ring (bicyclic) bond motifs is 1. The van der Waals surface area contributed by atoms with Gasteiger partial charge >= 0.3 is 0 Å². The summed E-state index contributed by atoms with van der Waals surface area (Å²) in [4.78, 5) is 4.35. The standard InChI is InChI=1S/C8H10N4/c1-5(2)6-3-4-7-8(9-6)11-12-10-7/h3-5H,1-2H3,(H,9,10,11,12). The molecule has 0 atom stereocenters. The van der Waals surface area contributed by atoms with Crippen LogP contribution in [0.3, 0.4) is 0 Å². The van der Waals surface area contributed by atoms with Crippen LogP contribution in [0.15, 0.2) is 12.1 Å². The number of rotatable bonds is 1. The number of hydrogen-bond donors (Lipinski definition) is 1. The Bertz CT molecular complexity index is 391. The molecule has 0 aliphatic rings. The Morgan fingerprint density at radius 2 is 2.17 bits per heavy atom. The summed E-state index contributed by atoms with van der Waals surface area (Å²) >= 11 is 0. The van der Waals surface area contributed by atoms with E-state index in [1.54, 1.807) is 0 Å².